The zero-order valence-corrected chi connectivity index (χ0v) is 12.2. The third-order valence-corrected chi connectivity index (χ3v) is 4.55. The van der Waals surface area contributed by atoms with E-state index in [1.54, 1.807) is 0 Å². The molecule has 2 N–H and O–H groups in total. The molecule has 4 unspecified atom stereocenters. The van der Waals surface area contributed by atoms with E-state index in [1.165, 1.54) is 18.4 Å². The predicted octanol–water partition coefficient (Wildman–Crippen LogP) is 3.32. The summed E-state index contributed by atoms with van der Waals surface area (Å²) in [5.74, 6) is 1.20. The van der Waals surface area contributed by atoms with Gasteiger partial charge in [0.2, 0.25) is 0 Å². The summed E-state index contributed by atoms with van der Waals surface area (Å²) in [4.78, 5) is 0. The number of nitrogens with one attached hydrogen (secondary N) is 1. The van der Waals surface area contributed by atoms with Crippen molar-refractivity contribution in [3.8, 4) is 0 Å². The molecule has 19 heavy (non-hydrogen) atoms. The lowest BCUT2D eigenvalue weighted by molar-refractivity contribution is 0.0853. The van der Waals surface area contributed by atoms with E-state index in [0.29, 0.717) is 5.92 Å². The highest BCUT2D eigenvalue weighted by atomic mass is 16.3. The Morgan fingerprint density at radius 3 is 2.74 bits per heavy atom. The van der Waals surface area contributed by atoms with Crippen molar-refractivity contribution >= 4 is 0 Å². The van der Waals surface area contributed by atoms with E-state index in [2.05, 4.69) is 43.4 Å². The molecular weight excluding hydrogens is 234 g/mol. The molecule has 0 saturated carbocycles. The molecule has 0 spiro atoms. The smallest absolute Gasteiger partial charge is 0.0699 e. The Morgan fingerprint density at radius 2 is 2.05 bits per heavy atom. The lowest BCUT2D eigenvalue weighted by Gasteiger charge is -2.34. The van der Waals surface area contributed by atoms with E-state index in [0.717, 1.165) is 25.3 Å². The molecule has 1 aromatic rings. The molecule has 1 aliphatic rings. The molecule has 2 heteroatoms. The van der Waals surface area contributed by atoms with Crippen molar-refractivity contribution in [2.24, 2.45) is 5.92 Å². The first-order chi connectivity index (χ1) is 9.20. The second kappa shape index (κ2) is 7.06. The summed E-state index contributed by atoms with van der Waals surface area (Å²) in [6, 6.07) is 10.8. The minimum Gasteiger partial charge on any atom is -0.391 e. The van der Waals surface area contributed by atoms with E-state index >= 15 is 0 Å². The van der Waals surface area contributed by atoms with E-state index in [9.17, 15) is 5.11 Å². The van der Waals surface area contributed by atoms with Gasteiger partial charge in [-0.2, -0.15) is 0 Å². The quantitative estimate of drug-likeness (QED) is 0.852. The van der Waals surface area contributed by atoms with Crippen molar-refractivity contribution in [1.29, 1.82) is 0 Å². The van der Waals surface area contributed by atoms with Gasteiger partial charge in [-0.1, -0.05) is 50.6 Å². The van der Waals surface area contributed by atoms with Crippen molar-refractivity contribution in [2.45, 2.75) is 57.6 Å². The molecular formula is C17H27NO. The molecule has 0 aliphatic carbocycles. The maximum atomic E-state index is 10.5. The lowest BCUT2D eigenvalue weighted by atomic mass is 9.84. The van der Waals surface area contributed by atoms with Gasteiger partial charge < -0.3 is 10.4 Å². The Bertz CT molecular complexity index is 365. The highest BCUT2D eigenvalue weighted by Crippen LogP contribution is 2.26. The standard InChI is InChI=1S/C17H27NO/c1-3-14-9-10-18-16(12-14)17(19)11-13(2)15-7-5-4-6-8-15/h4-8,13-14,16-19H,3,9-12H2,1-2H3. The van der Waals surface area contributed by atoms with Crippen LogP contribution in [-0.2, 0) is 0 Å². The first-order valence-corrected chi connectivity index (χ1v) is 7.67. The van der Waals surface area contributed by atoms with Crippen LogP contribution in [0.15, 0.2) is 30.3 Å². The first kappa shape index (κ1) is 14.5. The molecule has 1 aliphatic heterocycles. The van der Waals surface area contributed by atoms with Crippen LogP contribution in [0.3, 0.4) is 0 Å². The number of aliphatic hydroxyl groups is 1. The fourth-order valence-corrected chi connectivity index (χ4v) is 3.14. The molecule has 0 aromatic heterocycles. The minimum atomic E-state index is -0.232. The Morgan fingerprint density at radius 1 is 1.32 bits per heavy atom. The van der Waals surface area contributed by atoms with Crippen molar-refractivity contribution in [3.05, 3.63) is 35.9 Å². The molecule has 2 rings (SSSR count). The molecule has 1 aromatic carbocycles. The number of benzene rings is 1. The maximum Gasteiger partial charge on any atom is 0.0699 e. The Balaban J connectivity index is 1.88. The van der Waals surface area contributed by atoms with Crippen LogP contribution in [0.1, 0.15) is 51.0 Å². The zero-order chi connectivity index (χ0) is 13.7. The van der Waals surface area contributed by atoms with Crippen LogP contribution in [0.5, 0.6) is 0 Å². The van der Waals surface area contributed by atoms with E-state index in [1.807, 2.05) is 6.07 Å². The van der Waals surface area contributed by atoms with Gasteiger partial charge in [0.1, 0.15) is 0 Å². The van der Waals surface area contributed by atoms with Crippen LogP contribution in [0.4, 0.5) is 0 Å². The summed E-state index contributed by atoms with van der Waals surface area (Å²) in [6.45, 7) is 5.52. The van der Waals surface area contributed by atoms with Gasteiger partial charge in [0.25, 0.3) is 0 Å². The van der Waals surface area contributed by atoms with Gasteiger partial charge in [-0.3, -0.25) is 0 Å². The number of hydrogen-bond donors (Lipinski definition) is 2. The highest BCUT2D eigenvalue weighted by molar-refractivity contribution is 5.18. The predicted molar refractivity (Wildman–Crippen MR) is 80.3 cm³/mol. The number of aliphatic hydroxyl groups excluding tert-OH is 1. The summed E-state index contributed by atoms with van der Waals surface area (Å²) in [5, 5.41) is 13.9. The van der Waals surface area contributed by atoms with Crippen molar-refractivity contribution < 1.29 is 5.11 Å². The topological polar surface area (TPSA) is 32.3 Å². The van der Waals surface area contributed by atoms with Gasteiger partial charge in [-0.05, 0) is 43.2 Å². The normalized spacial score (nSPS) is 26.9. The van der Waals surface area contributed by atoms with Gasteiger partial charge in [0.05, 0.1) is 6.10 Å². The summed E-state index contributed by atoms with van der Waals surface area (Å²) in [7, 11) is 0. The lowest BCUT2D eigenvalue weighted by Crippen LogP contribution is -2.46. The van der Waals surface area contributed by atoms with Gasteiger partial charge in [0.15, 0.2) is 0 Å². The van der Waals surface area contributed by atoms with Crippen LogP contribution in [0.2, 0.25) is 0 Å². The van der Waals surface area contributed by atoms with Crippen LogP contribution < -0.4 is 5.32 Å². The van der Waals surface area contributed by atoms with Crippen molar-refractivity contribution in [3.63, 3.8) is 0 Å². The van der Waals surface area contributed by atoms with E-state index in [4.69, 9.17) is 0 Å². The second-order valence-electron chi connectivity index (χ2n) is 5.97. The minimum absolute atomic E-state index is 0.232. The van der Waals surface area contributed by atoms with Gasteiger partial charge in [0, 0.05) is 6.04 Å². The molecule has 1 heterocycles. The molecule has 0 amide bonds. The van der Waals surface area contributed by atoms with Crippen molar-refractivity contribution in [2.75, 3.05) is 6.54 Å². The fourth-order valence-electron chi connectivity index (χ4n) is 3.14. The summed E-state index contributed by atoms with van der Waals surface area (Å²) in [6.07, 6.45) is 4.23. The van der Waals surface area contributed by atoms with Crippen LogP contribution in [0, 0.1) is 5.92 Å². The first-order valence-electron chi connectivity index (χ1n) is 7.67. The number of rotatable bonds is 5. The Hall–Kier alpha value is -0.860. The molecule has 4 atom stereocenters. The van der Waals surface area contributed by atoms with E-state index < -0.39 is 0 Å². The third-order valence-electron chi connectivity index (χ3n) is 4.55. The van der Waals surface area contributed by atoms with Crippen LogP contribution in [0.25, 0.3) is 0 Å². The Kier molecular flexibility index (Phi) is 5.41. The molecule has 0 bridgehead atoms. The fraction of sp³-hybridized carbons (Fsp3) is 0.647. The Labute approximate surface area is 117 Å². The van der Waals surface area contributed by atoms with Crippen LogP contribution in [-0.4, -0.2) is 23.8 Å². The van der Waals surface area contributed by atoms with Gasteiger partial charge in [-0.25, -0.2) is 0 Å². The van der Waals surface area contributed by atoms with Crippen molar-refractivity contribution in [1.82, 2.24) is 5.32 Å². The number of piperidine rings is 1. The maximum absolute atomic E-state index is 10.5. The molecule has 1 fully saturated rings. The molecule has 1 saturated heterocycles. The van der Waals surface area contributed by atoms with E-state index in [-0.39, 0.29) is 12.1 Å². The average Bonchev–Trinajstić information content (AvgIpc) is 2.48. The van der Waals surface area contributed by atoms with Crippen LogP contribution >= 0.6 is 0 Å². The molecule has 106 valence electrons. The van der Waals surface area contributed by atoms with Gasteiger partial charge in [-0.15, -0.1) is 0 Å². The summed E-state index contributed by atoms with van der Waals surface area (Å²) >= 11 is 0. The highest BCUT2D eigenvalue weighted by Gasteiger charge is 2.27. The molecule has 2 nitrogen and oxygen atoms in total. The number of hydrogen-bond acceptors (Lipinski definition) is 2. The monoisotopic (exact) mass is 261 g/mol. The summed E-state index contributed by atoms with van der Waals surface area (Å²) in [5.41, 5.74) is 1.32. The average molecular weight is 261 g/mol. The third kappa shape index (κ3) is 4.05. The SMILES string of the molecule is CCC1CCNC(C(O)CC(C)c2ccccc2)C1. The summed E-state index contributed by atoms with van der Waals surface area (Å²) < 4.78 is 0. The largest absolute Gasteiger partial charge is 0.391 e. The molecule has 0 radical (unpaired) electrons. The second-order valence-corrected chi connectivity index (χ2v) is 5.97. The zero-order valence-electron chi connectivity index (χ0n) is 12.2. The van der Waals surface area contributed by atoms with Gasteiger partial charge >= 0.3 is 0 Å².